The minimum atomic E-state index is 0.109. The molecule has 0 aromatic rings. The van der Waals surface area contributed by atoms with Gasteiger partial charge in [-0.3, -0.25) is 9.79 Å². The Kier molecular flexibility index (Phi) is 5.35. The van der Waals surface area contributed by atoms with E-state index in [1.807, 2.05) is 34.0 Å². The molecule has 0 aromatic heterocycles. The van der Waals surface area contributed by atoms with Gasteiger partial charge in [0.05, 0.1) is 0 Å². The standard InChI is InChI=1S/C8H14N2O.C2H6/c1-6-4-9-5-8(11)10(3)7(6)2;1-2/h4,6-7H,5H2,1-3H3;1-2H3. The van der Waals surface area contributed by atoms with Crippen LogP contribution in [0.4, 0.5) is 0 Å². The predicted octanol–water partition coefficient (Wildman–Crippen LogP) is 1.58. The first-order valence-electron chi connectivity index (χ1n) is 4.88. The molecule has 1 amide bonds. The van der Waals surface area contributed by atoms with Gasteiger partial charge in [0.1, 0.15) is 6.54 Å². The smallest absolute Gasteiger partial charge is 0.244 e. The van der Waals surface area contributed by atoms with Crippen molar-refractivity contribution >= 4 is 12.1 Å². The Bertz CT molecular complexity index is 189. The average molecular weight is 184 g/mol. The number of hydrogen-bond donors (Lipinski definition) is 0. The first kappa shape index (κ1) is 12.1. The predicted molar refractivity (Wildman–Crippen MR) is 56.1 cm³/mol. The number of aliphatic imine (C=N–C) groups is 1. The Morgan fingerprint density at radius 1 is 1.46 bits per heavy atom. The van der Waals surface area contributed by atoms with Gasteiger partial charge < -0.3 is 4.90 Å². The van der Waals surface area contributed by atoms with Crippen molar-refractivity contribution < 1.29 is 4.79 Å². The number of hydrogen-bond acceptors (Lipinski definition) is 2. The number of carbonyl (C=O) groups is 1. The lowest BCUT2D eigenvalue weighted by atomic mass is 10.1. The number of amides is 1. The minimum absolute atomic E-state index is 0.109. The second-order valence-electron chi connectivity index (χ2n) is 3.09. The van der Waals surface area contributed by atoms with Crippen molar-refractivity contribution in [3.05, 3.63) is 0 Å². The van der Waals surface area contributed by atoms with E-state index in [9.17, 15) is 4.79 Å². The van der Waals surface area contributed by atoms with Crippen molar-refractivity contribution in [2.24, 2.45) is 10.9 Å². The Morgan fingerprint density at radius 2 is 2.00 bits per heavy atom. The monoisotopic (exact) mass is 184 g/mol. The van der Waals surface area contributed by atoms with Crippen LogP contribution in [0.1, 0.15) is 27.7 Å². The lowest BCUT2D eigenvalue weighted by molar-refractivity contribution is -0.130. The van der Waals surface area contributed by atoms with Crippen molar-refractivity contribution in [3.8, 4) is 0 Å². The van der Waals surface area contributed by atoms with Gasteiger partial charge in [-0.1, -0.05) is 20.8 Å². The zero-order valence-corrected chi connectivity index (χ0v) is 9.24. The van der Waals surface area contributed by atoms with E-state index >= 15 is 0 Å². The molecule has 1 aliphatic heterocycles. The fourth-order valence-electron chi connectivity index (χ4n) is 1.11. The molecule has 3 heteroatoms. The van der Waals surface area contributed by atoms with E-state index in [4.69, 9.17) is 0 Å². The van der Waals surface area contributed by atoms with Crippen molar-refractivity contribution in [2.45, 2.75) is 33.7 Å². The molecule has 0 saturated heterocycles. The molecule has 0 spiro atoms. The highest BCUT2D eigenvalue weighted by atomic mass is 16.2. The van der Waals surface area contributed by atoms with Gasteiger partial charge >= 0.3 is 0 Å². The molecule has 0 aromatic carbocycles. The van der Waals surface area contributed by atoms with Crippen LogP contribution in [-0.2, 0) is 4.79 Å². The third kappa shape index (κ3) is 3.17. The molecule has 0 fully saturated rings. The number of carbonyl (C=O) groups excluding carboxylic acids is 1. The van der Waals surface area contributed by atoms with Crippen LogP contribution in [0.25, 0.3) is 0 Å². The molecule has 1 aliphatic rings. The third-order valence-electron chi connectivity index (χ3n) is 2.33. The molecule has 3 nitrogen and oxygen atoms in total. The van der Waals surface area contributed by atoms with E-state index in [0.717, 1.165) is 0 Å². The Hall–Kier alpha value is -0.860. The van der Waals surface area contributed by atoms with Gasteiger partial charge in [-0.05, 0) is 6.92 Å². The maximum atomic E-state index is 11.2. The fraction of sp³-hybridized carbons (Fsp3) is 0.800. The van der Waals surface area contributed by atoms with E-state index in [1.54, 1.807) is 4.90 Å². The van der Waals surface area contributed by atoms with Gasteiger partial charge in [-0.2, -0.15) is 0 Å². The Labute approximate surface area is 80.8 Å². The van der Waals surface area contributed by atoms with Gasteiger partial charge in [0, 0.05) is 25.2 Å². The molecule has 0 aliphatic carbocycles. The summed E-state index contributed by atoms with van der Waals surface area (Å²) in [5.74, 6) is 0.476. The SMILES string of the molecule is CC.CC1C=NCC(=O)N(C)C1C. The molecule has 0 radical (unpaired) electrons. The van der Waals surface area contributed by atoms with Gasteiger partial charge in [-0.15, -0.1) is 0 Å². The molecule has 1 rings (SSSR count). The van der Waals surface area contributed by atoms with Gasteiger partial charge in [0.2, 0.25) is 5.91 Å². The summed E-state index contributed by atoms with van der Waals surface area (Å²) in [6.45, 7) is 8.42. The van der Waals surface area contributed by atoms with E-state index in [0.29, 0.717) is 12.5 Å². The Morgan fingerprint density at radius 3 is 2.54 bits per heavy atom. The summed E-state index contributed by atoms with van der Waals surface area (Å²) in [5, 5.41) is 0. The molecule has 2 unspecified atom stereocenters. The molecular weight excluding hydrogens is 164 g/mol. The van der Waals surface area contributed by atoms with Crippen molar-refractivity contribution in [1.82, 2.24) is 4.90 Å². The molecule has 13 heavy (non-hydrogen) atoms. The van der Waals surface area contributed by atoms with Gasteiger partial charge in [0.15, 0.2) is 0 Å². The quantitative estimate of drug-likeness (QED) is 0.562. The topological polar surface area (TPSA) is 32.7 Å². The van der Waals surface area contributed by atoms with Crippen molar-refractivity contribution in [2.75, 3.05) is 13.6 Å². The molecule has 0 saturated carbocycles. The van der Waals surface area contributed by atoms with Crippen LogP contribution < -0.4 is 0 Å². The number of likely N-dealkylation sites (N-methyl/N-ethyl adjacent to an activating group) is 1. The molecule has 76 valence electrons. The van der Waals surface area contributed by atoms with E-state index in [-0.39, 0.29) is 11.9 Å². The van der Waals surface area contributed by atoms with Crippen LogP contribution in [0.3, 0.4) is 0 Å². The summed E-state index contributed by atoms with van der Waals surface area (Å²) >= 11 is 0. The van der Waals surface area contributed by atoms with Crippen LogP contribution >= 0.6 is 0 Å². The fourth-order valence-corrected chi connectivity index (χ4v) is 1.11. The van der Waals surface area contributed by atoms with Crippen LogP contribution in [0.5, 0.6) is 0 Å². The summed E-state index contributed by atoms with van der Waals surface area (Å²) in [6, 6.07) is 0.272. The summed E-state index contributed by atoms with van der Waals surface area (Å²) < 4.78 is 0. The first-order chi connectivity index (χ1) is 6.13. The van der Waals surface area contributed by atoms with Crippen LogP contribution in [0.2, 0.25) is 0 Å². The largest absolute Gasteiger partial charge is 0.341 e. The van der Waals surface area contributed by atoms with Gasteiger partial charge in [-0.25, -0.2) is 0 Å². The lowest BCUT2D eigenvalue weighted by Crippen LogP contribution is -2.38. The summed E-state index contributed by atoms with van der Waals surface area (Å²) in [7, 11) is 1.83. The molecule has 1 heterocycles. The third-order valence-corrected chi connectivity index (χ3v) is 2.33. The lowest BCUT2D eigenvalue weighted by Gasteiger charge is -2.25. The molecule has 2 atom stereocenters. The maximum absolute atomic E-state index is 11.2. The zero-order valence-electron chi connectivity index (χ0n) is 9.24. The molecule has 0 bridgehead atoms. The summed E-state index contributed by atoms with van der Waals surface area (Å²) in [5.41, 5.74) is 0. The Balaban J connectivity index is 0.000000671. The highest BCUT2D eigenvalue weighted by Gasteiger charge is 2.21. The number of nitrogens with zero attached hydrogens (tertiary/aromatic N) is 2. The van der Waals surface area contributed by atoms with E-state index in [1.165, 1.54) is 0 Å². The summed E-state index contributed by atoms with van der Waals surface area (Å²) in [4.78, 5) is 17.0. The zero-order chi connectivity index (χ0) is 10.4. The van der Waals surface area contributed by atoms with E-state index in [2.05, 4.69) is 11.9 Å². The van der Waals surface area contributed by atoms with Crippen LogP contribution in [0, 0.1) is 5.92 Å². The minimum Gasteiger partial charge on any atom is -0.341 e. The van der Waals surface area contributed by atoms with Gasteiger partial charge in [0.25, 0.3) is 0 Å². The van der Waals surface area contributed by atoms with Crippen LogP contribution in [-0.4, -0.2) is 36.7 Å². The number of rotatable bonds is 0. The van der Waals surface area contributed by atoms with Crippen molar-refractivity contribution in [1.29, 1.82) is 0 Å². The first-order valence-corrected chi connectivity index (χ1v) is 4.88. The second-order valence-corrected chi connectivity index (χ2v) is 3.09. The highest BCUT2D eigenvalue weighted by molar-refractivity contribution is 5.82. The maximum Gasteiger partial charge on any atom is 0.244 e. The highest BCUT2D eigenvalue weighted by Crippen LogP contribution is 2.10. The van der Waals surface area contributed by atoms with E-state index < -0.39 is 0 Å². The molecule has 0 N–H and O–H groups in total. The average Bonchev–Trinajstić information content (AvgIpc) is 2.26. The normalized spacial score (nSPS) is 27.8. The van der Waals surface area contributed by atoms with Crippen molar-refractivity contribution in [3.63, 3.8) is 0 Å². The second kappa shape index (κ2) is 5.73. The molecular formula is C10H20N2O. The summed E-state index contributed by atoms with van der Waals surface area (Å²) in [6.07, 6.45) is 1.87. The van der Waals surface area contributed by atoms with Crippen LogP contribution in [0.15, 0.2) is 4.99 Å².